The van der Waals surface area contributed by atoms with Gasteiger partial charge in [0.15, 0.2) is 0 Å². The summed E-state index contributed by atoms with van der Waals surface area (Å²) in [6, 6.07) is 6.90. The smallest absolute Gasteiger partial charge is 0.321 e. The van der Waals surface area contributed by atoms with E-state index in [-0.39, 0.29) is 6.03 Å². The van der Waals surface area contributed by atoms with Crippen LogP contribution in [0.15, 0.2) is 18.2 Å². The van der Waals surface area contributed by atoms with Gasteiger partial charge in [0.1, 0.15) is 0 Å². The first-order valence-corrected chi connectivity index (χ1v) is 9.14. The second kappa shape index (κ2) is 6.68. The van der Waals surface area contributed by atoms with Gasteiger partial charge in [-0.05, 0) is 50.1 Å². The zero-order valence-corrected chi connectivity index (χ0v) is 15.5. The molecule has 2 aliphatic rings. The molecule has 2 fully saturated rings. The third-order valence-electron chi connectivity index (χ3n) is 5.68. The first-order chi connectivity index (χ1) is 12.5. The molecule has 0 spiro atoms. The highest BCUT2D eigenvalue weighted by Gasteiger charge is 2.36. The van der Waals surface area contributed by atoms with Crippen molar-refractivity contribution in [2.45, 2.75) is 38.3 Å². The molecule has 8 heteroatoms. The predicted molar refractivity (Wildman–Crippen MR) is 98.8 cm³/mol. The van der Waals surface area contributed by atoms with Gasteiger partial charge in [0.05, 0.1) is 7.05 Å². The summed E-state index contributed by atoms with van der Waals surface area (Å²) in [6.45, 7) is 3.59. The summed E-state index contributed by atoms with van der Waals surface area (Å²) in [7, 11) is 3.92. The lowest BCUT2D eigenvalue weighted by molar-refractivity contribution is 0.200. The van der Waals surface area contributed by atoms with E-state index in [9.17, 15) is 4.79 Å². The summed E-state index contributed by atoms with van der Waals surface area (Å²) in [6.07, 6.45) is 3.48. The third kappa shape index (κ3) is 3.16. The second-order valence-corrected chi connectivity index (χ2v) is 7.35. The number of tetrazole rings is 1. The largest absolute Gasteiger partial charge is 0.323 e. The molecular formula is C18H25N7O. The first-order valence-electron chi connectivity index (χ1n) is 9.14. The van der Waals surface area contributed by atoms with Crippen LogP contribution in [-0.4, -0.2) is 68.3 Å². The molecule has 1 aromatic carbocycles. The number of hydrogen-bond donors (Lipinski definition) is 1. The molecule has 2 aliphatic heterocycles. The first kappa shape index (κ1) is 17.0. The average molecular weight is 355 g/mol. The molecule has 0 unspecified atom stereocenters. The van der Waals surface area contributed by atoms with Gasteiger partial charge >= 0.3 is 6.03 Å². The molecule has 26 heavy (non-hydrogen) atoms. The third-order valence-corrected chi connectivity index (χ3v) is 5.68. The SMILES string of the molecule is Cc1ccc(-c2nnn(C)n2)cc1NC(=O)N1CC[C@@H]2CC[C@H](C1)N2C. The van der Waals surface area contributed by atoms with Gasteiger partial charge < -0.3 is 10.2 Å². The Morgan fingerprint density at radius 2 is 2.00 bits per heavy atom. The van der Waals surface area contributed by atoms with Gasteiger partial charge in [-0.3, -0.25) is 4.90 Å². The number of benzene rings is 1. The molecule has 0 saturated carbocycles. The van der Waals surface area contributed by atoms with Gasteiger partial charge in [-0.15, -0.1) is 10.2 Å². The normalized spacial score (nSPS) is 23.1. The number of likely N-dealkylation sites (tertiary alicyclic amines) is 1. The van der Waals surface area contributed by atoms with E-state index < -0.39 is 0 Å². The van der Waals surface area contributed by atoms with E-state index in [1.165, 1.54) is 17.6 Å². The molecule has 2 saturated heterocycles. The van der Waals surface area contributed by atoms with E-state index in [0.717, 1.165) is 36.3 Å². The lowest BCUT2D eigenvalue weighted by Gasteiger charge is -2.26. The number of carbonyl (C=O) groups excluding carboxylic acids is 1. The van der Waals surface area contributed by atoms with Crippen molar-refractivity contribution in [2.24, 2.45) is 7.05 Å². The van der Waals surface area contributed by atoms with E-state index >= 15 is 0 Å². The number of anilines is 1. The standard InChI is InChI=1S/C18H25N7O/c1-12-4-5-13(17-20-22-24(3)21-17)10-16(12)19-18(26)25-9-8-14-6-7-15(11-25)23(14)2/h4-5,10,14-15H,6-9,11H2,1-3H3,(H,19,26)/t14-,15+/m0/s1. The number of carbonyl (C=O) groups is 1. The van der Waals surface area contributed by atoms with Gasteiger partial charge in [0.25, 0.3) is 0 Å². The maximum atomic E-state index is 12.9. The fourth-order valence-corrected chi connectivity index (χ4v) is 3.98. The highest BCUT2D eigenvalue weighted by atomic mass is 16.2. The Kier molecular flexibility index (Phi) is 4.36. The van der Waals surface area contributed by atoms with Crippen LogP contribution in [0, 0.1) is 6.92 Å². The maximum absolute atomic E-state index is 12.9. The maximum Gasteiger partial charge on any atom is 0.321 e. The van der Waals surface area contributed by atoms with E-state index in [1.54, 1.807) is 7.05 Å². The quantitative estimate of drug-likeness (QED) is 0.890. The number of fused-ring (bicyclic) bond motifs is 2. The molecular weight excluding hydrogens is 330 g/mol. The topological polar surface area (TPSA) is 79.2 Å². The molecule has 4 rings (SSSR count). The minimum absolute atomic E-state index is 0.0293. The minimum atomic E-state index is -0.0293. The molecule has 0 radical (unpaired) electrons. The predicted octanol–water partition coefficient (Wildman–Crippen LogP) is 1.89. The Bertz CT molecular complexity index is 818. The lowest BCUT2D eigenvalue weighted by atomic mass is 10.1. The zero-order chi connectivity index (χ0) is 18.3. The number of urea groups is 1. The van der Waals surface area contributed by atoms with Crippen molar-refractivity contribution in [1.82, 2.24) is 30.0 Å². The van der Waals surface area contributed by atoms with Gasteiger partial charge in [-0.1, -0.05) is 12.1 Å². The summed E-state index contributed by atoms with van der Waals surface area (Å²) in [5, 5.41) is 15.2. The highest BCUT2D eigenvalue weighted by Crippen LogP contribution is 2.29. The van der Waals surface area contributed by atoms with E-state index in [1.807, 2.05) is 30.0 Å². The van der Waals surface area contributed by atoms with E-state index in [4.69, 9.17) is 0 Å². The van der Waals surface area contributed by atoms with Crippen LogP contribution >= 0.6 is 0 Å². The van der Waals surface area contributed by atoms with Crippen LogP contribution in [0.3, 0.4) is 0 Å². The van der Waals surface area contributed by atoms with Crippen LogP contribution in [0.1, 0.15) is 24.8 Å². The zero-order valence-electron chi connectivity index (χ0n) is 15.5. The summed E-state index contributed by atoms with van der Waals surface area (Å²) in [5.74, 6) is 0.553. The molecule has 1 aromatic heterocycles. The number of amides is 2. The van der Waals surface area contributed by atoms with Crippen LogP contribution in [0.25, 0.3) is 11.4 Å². The minimum Gasteiger partial charge on any atom is -0.323 e. The fourth-order valence-electron chi connectivity index (χ4n) is 3.98. The van der Waals surface area contributed by atoms with E-state index in [2.05, 4.69) is 32.7 Å². The Morgan fingerprint density at radius 1 is 1.19 bits per heavy atom. The lowest BCUT2D eigenvalue weighted by Crippen LogP contribution is -2.41. The number of aryl methyl sites for hydroxylation is 2. The monoisotopic (exact) mass is 355 g/mol. The molecule has 2 bridgehead atoms. The summed E-state index contributed by atoms with van der Waals surface area (Å²) in [4.78, 5) is 18.7. The fraction of sp³-hybridized carbons (Fsp3) is 0.556. The van der Waals surface area contributed by atoms with Crippen molar-refractivity contribution in [3.05, 3.63) is 23.8 Å². The molecule has 8 nitrogen and oxygen atoms in total. The number of nitrogens with zero attached hydrogens (tertiary/aromatic N) is 6. The number of hydrogen-bond acceptors (Lipinski definition) is 5. The van der Waals surface area contributed by atoms with Gasteiger partial charge in [0.2, 0.25) is 5.82 Å². The van der Waals surface area contributed by atoms with Crippen molar-refractivity contribution >= 4 is 11.7 Å². The molecule has 2 amide bonds. The van der Waals surface area contributed by atoms with Gasteiger partial charge in [-0.2, -0.15) is 4.80 Å². The van der Waals surface area contributed by atoms with Gasteiger partial charge in [-0.25, -0.2) is 4.79 Å². The van der Waals surface area contributed by atoms with Gasteiger partial charge in [0, 0.05) is 36.4 Å². The second-order valence-electron chi connectivity index (χ2n) is 7.35. The number of nitrogens with one attached hydrogen (secondary N) is 1. The Balaban J connectivity index is 1.50. The summed E-state index contributed by atoms with van der Waals surface area (Å²) < 4.78 is 0. The highest BCUT2D eigenvalue weighted by molar-refractivity contribution is 5.91. The molecule has 138 valence electrons. The Morgan fingerprint density at radius 3 is 2.77 bits per heavy atom. The average Bonchev–Trinajstić information content (AvgIpc) is 3.13. The van der Waals surface area contributed by atoms with Crippen LogP contribution in [0.4, 0.5) is 10.5 Å². The Hall–Kier alpha value is -2.48. The van der Waals surface area contributed by atoms with Crippen LogP contribution in [0.5, 0.6) is 0 Å². The number of likely N-dealkylation sites (N-methyl/N-ethyl adjacent to an activating group) is 1. The van der Waals surface area contributed by atoms with Crippen molar-refractivity contribution in [3.8, 4) is 11.4 Å². The van der Waals surface area contributed by atoms with Crippen LogP contribution in [-0.2, 0) is 7.05 Å². The molecule has 1 N–H and O–H groups in total. The van der Waals surface area contributed by atoms with Crippen LogP contribution in [0.2, 0.25) is 0 Å². The van der Waals surface area contributed by atoms with Crippen LogP contribution < -0.4 is 5.32 Å². The molecule has 2 atom stereocenters. The molecule has 3 heterocycles. The molecule has 0 aliphatic carbocycles. The summed E-state index contributed by atoms with van der Waals surface area (Å²) >= 11 is 0. The van der Waals surface area contributed by atoms with Crippen molar-refractivity contribution in [2.75, 3.05) is 25.5 Å². The van der Waals surface area contributed by atoms with E-state index in [0.29, 0.717) is 17.9 Å². The Labute approximate surface area is 153 Å². The number of rotatable bonds is 2. The van der Waals surface area contributed by atoms with Crippen molar-refractivity contribution < 1.29 is 4.79 Å². The summed E-state index contributed by atoms with van der Waals surface area (Å²) in [5.41, 5.74) is 2.65. The molecule has 2 aromatic rings. The number of aromatic nitrogens is 4. The van der Waals surface area contributed by atoms with Crippen molar-refractivity contribution in [1.29, 1.82) is 0 Å². The van der Waals surface area contributed by atoms with Crippen molar-refractivity contribution in [3.63, 3.8) is 0 Å².